The van der Waals surface area contributed by atoms with Gasteiger partial charge in [0, 0.05) is 0 Å². The Bertz CT molecular complexity index is 173. The van der Waals surface area contributed by atoms with Crippen molar-refractivity contribution in [1.29, 1.82) is 0 Å². The minimum Gasteiger partial charge on any atom is -0.353 e. The van der Waals surface area contributed by atoms with E-state index in [1.165, 1.54) is 6.21 Å². The Morgan fingerprint density at radius 2 is 2.60 bits per heavy atom. The highest BCUT2D eigenvalue weighted by Crippen LogP contribution is 2.01. The lowest BCUT2D eigenvalue weighted by Crippen LogP contribution is -2.30. The zero-order chi connectivity index (χ0) is 7.40. The number of hydrogen-bond donors (Lipinski definition) is 2. The Kier molecular flexibility index (Phi) is 1.99. The molecule has 0 fully saturated rings. The molecule has 0 aromatic rings. The van der Waals surface area contributed by atoms with Crippen molar-refractivity contribution in [2.45, 2.75) is 12.2 Å². The molecule has 0 bridgehead atoms. The second-order valence-corrected chi connectivity index (χ2v) is 1.86. The van der Waals surface area contributed by atoms with Crippen molar-refractivity contribution in [3.8, 4) is 0 Å². The van der Waals surface area contributed by atoms with Crippen LogP contribution in [0.3, 0.4) is 0 Å². The van der Waals surface area contributed by atoms with Crippen LogP contribution in [0.25, 0.3) is 0 Å². The van der Waals surface area contributed by atoms with Crippen LogP contribution in [-0.4, -0.2) is 31.5 Å². The first-order valence-electron chi connectivity index (χ1n) is 2.85. The van der Waals surface area contributed by atoms with Gasteiger partial charge >= 0.3 is 0 Å². The molecule has 5 heteroatoms. The minimum absolute atomic E-state index is 0.0949. The predicted octanol–water partition coefficient (Wildman–Crippen LogP) is -1.04. The number of nitrogens with two attached hydrogens (primary N) is 1. The summed E-state index contributed by atoms with van der Waals surface area (Å²) in [7, 11) is 0. The lowest BCUT2D eigenvalue weighted by molar-refractivity contribution is 0.650. The van der Waals surface area contributed by atoms with E-state index in [0.717, 1.165) is 0 Å². The van der Waals surface area contributed by atoms with Gasteiger partial charge in [-0.15, -0.1) is 0 Å². The van der Waals surface area contributed by atoms with Crippen molar-refractivity contribution in [1.82, 2.24) is 5.32 Å². The fourth-order valence-electron chi connectivity index (χ4n) is 0.754. The van der Waals surface area contributed by atoms with E-state index in [0.29, 0.717) is 0 Å². The van der Waals surface area contributed by atoms with Crippen LogP contribution in [0.1, 0.15) is 0 Å². The number of aliphatic imine (C=N–C) groups is 2. The Morgan fingerprint density at radius 3 is 3.20 bits per heavy atom. The molecule has 1 rings (SSSR count). The molecule has 0 saturated heterocycles. The molecule has 0 saturated carbocycles. The molecule has 5 nitrogen and oxygen atoms in total. The number of nitrogens with one attached hydrogen (secondary N) is 1. The summed E-state index contributed by atoms with van der Waals surface area (Å²) in [5.41, 5.74) is 0. The predicted molar refractivity (Wildman–Crippen MR) is 41.4 cm³/mol. The van der Waals surface area contributed by atoms with Crippen LogP contribution in [0.15, 0.2) is 15.1 Å². The molecule has 3 N–H and O–H groups in total. The number of rotatable bonds is 2. The Balaban J connectivity index is 2.56. The van der Waals surface area contributed by atoms with Gasteiger partial charge in [0.05, 0.1) is 12.6 Å². The van der Waals surface area contributed by atoms with Crippen LogP contribution < -0.4 is 11.2 Å². The van der Waals surface area contributed by atoms with E-state index in [9.17, 15) is 0 Å². The summed E-state index contributed by atoms with van der Waals surface area (Å²) < 4.78 is 0. The van der Waals surface area contributed by atoms with Crippen LogP contribution in [-0.2, 0) is 0 Å². The van der Waals surface area contributed by atoms with Crippen LogP contribution >= 0.6 is 0 Å². The van der Waals surface area contributed by atoms with Crippen LogP contribution in [0, 0.1) is 0 Å². The summed E-state index contributed by atoms with van der Waals surface area (Å²) >= 11 is 0. The molecular weight excluding hydrogens is 130 g/mol. The molecule has 54 valence electrons. The van der Waals surface area contributed by atoms with Crippen molar-refractivity contribution in [3.63, 3.8) is 0 Å². The van der Waals surface area contributed by atoms with Gasteiger partial charge in [-0.25, -0.2) is 0 Å². The maximum absolute atomic E-state index is 4.93. The maximum Gasteiger partial charge on any atom is 0.146 e. The van der Waals surface area contributed by atoms with Crippen LogP contribution in [0.2, 0.25) is 0 Å². The second-order valence-electron chi connectivity index (χ2n) is 1.86. The molecule has 0 radical (unpaired) electrons. The van der Waals surface area contributed by atoms with Crippen LogP contribution in [0.4, 0.5) is 0 Å². The van der Waals surface area contributed by atoms with Crippen molar-refractivity contribution in [3.05, 3.63) is 0 Å². The third-order valence-corrected chi connectivity index (χ3v) is 1.25. The lowest BCUT2D eigenvalue weighted by atomic mass is 10.3. The molecule has 2 unspecified atom stereocenters. The minimum atomic E-state index is -0.104. The number of hydrogen-bond acceptors (Lipinski definition) is 5. The molecule has 0 aliphatic carbocycles. The van der Waals surface area contributed by atoms with Gasteiger partial charge in [-0.3, -0.25) is 9.98 Å². The SMILES string of the molecule is C=NC1NC=NC1C=NN. The Morgan fingerprint density at radius 1 is 1.80 bits per heavy atom. The van der Waals surface area contributed by atoms with Gasteiger partial charge in [0.1, 0.15) is 12.2 Å². The summed E-state index contributed by atoms with van der Waals surface area (Å²) in [5.74, 6) is 4.93. The molecule has 10 heavy (non-hydrogen) atoms. The zero-order valence-electron chi connectivity index (χ0n) is 5.44. The summed E-state index contributed by atoms with van der Waals surface area (Å²) in [5, 5.41) is 6.22. The first-order valence-corrected chi connectivity index (χ1v) is 2.85. The third kappa shape index (κ3) is 1.12. The van der Waals surface area contributed by atoms with Gasteiger partial charge in [-0.1, -0.05) is 0 Å². The molecule has 1 heterocycles. The summed E-state index contributed by atoms with van der Waals surface area (Å²) in [6.45, 7) is 3.38. The lowest BCUT2D eigenvalue weighted by Gasteiger charge is -2.06. The topological polar surface area (TPSA) is 75.1 Å². The molecule has 0 spiro atoms. The number of hydrazone groups is 1. The fourth-order valence-corrected chi connectivity index (χ4v) is 0.754. The van der Waals surface area contributed by atoms with E-state index < -0.39 is 0 Å². The van der Waals surface area contributed by atoms with E-state index in [4.69, 9.17) is 5.84 Å². The largest absolute Gasteiger partial charge is 0.353 e. The quantitative estimate of drug-likeness (QED) is 0.291. The zero-order valence-corrected chi connectivity index (χ0v) is 5.44. The van der Waals surface area contributed by atoms with Crippen molar-refractivity contribution < 1.29 is 0 Å². The third-order valence-electron chi connectivity index (χ3n) is 1.25. The van der Waals surface area contributed by atoms with E-state index >= 15 is 0 Å². The summed E-state index contributed by atoms with van der Waals surface area (Å²) in [6.07, 6.45) is 2.99. The highest BCUT2D eigenvalue weighted by Gasteiger charge is 2.19. The summed E-state index contributed by atoms with van der Waals surface area (Å²) in [6, 6.07) is -0.0949. The van der Waals surface area contributed by atoms with Gasteiger partial charge in [0.2, 0.25) is 0 Å². The van der Waals surface area contributed by atoms with Gasteiger partial charge in [0.25, 0.3) is 0 Å². The normalized spacial score (nSPS) is 30.8. The molecular formula is C5H9N5. The Hall–Kier alpha value is -1.39. The highest BCUT2D eigenvalue weighted by molar-refractivity contribution is 5.73. The molecule has 1 aliphatic rings. The van der Waals surface area contributed by atoms with Gasteiger partial charge in [-0.05, 0) is 6.72 Å². The highest BCUT2D eigenvalue weighted by atomic mass is 15.2. The average Bonchev–Trinajstić information content (AvgIpc) is 2.36. The van der Waals surface area contributed by atoms with Crippen molar-refractivity contribution in [2.75, 3.05) is 0 Å². The Labute approximate surface area is 58.7 Å². The number of nitrogens with zero attached hydrogens (tertiary/aromatic N) is 3. The standard InChI is InChI=1S/C5H9N5/c1-7-5-4(2-10-6)8-3-9-5/h2-5H,1,6H2,(H,8,9). The summed E-state index contributed by atoms with van der Waals surface area (Å²) in [4.78, 5) is 7.73. The molecule has 0 aromatic heterocycles. The van der Waals surface area contributed by atoms with E-state index in [-0.39, 0.29) is 12.2 Å². The van der Waals surface area contributed by atoms with E-state index in [2.05, 4.69) is 27.1 Å². The molecule has 1 aliphatic heterocycles. The second kappa shape index (κ2) is 2.95. The fraction of sp³-hybridized carbons (Fsp3) is 0.400. The maximum atomic E-state index is 4.93. The van der Waals surface area contributed by atoms with Crippen molar-refractivity contribution >= 4 is 19.3 Å². The smallest absolute Gasteiger partial charge is 0.146 e. The first-order chi connectivity index (χ1) is 4.88. The van der Waals surface area contributed by atoms with Crippen LogP contribution in [0.5, 0.6) is 0 Å². The van der Waals surface area contributed by atoms with E-state index in [1.807, 2.05) is 0 Å². The molecule has 0 aromatic carbocycles. The monoisotopic (exact) mass is 139 g/mol. The van der Waals surface area contributed by atoms with Gasteiger partial charge < -0.3 is 11.2 Å². The molecule has 2 atom stereocenters. The molecule has 0 amide bonds. The van der Waals surface area contributed by atoms with Gasteiger partial charge in [-0.2, -0.15) is 5.10 Å². The average molecular weight is 139 g/mol. The van der Waals surface area contributed by atoms with Crippen molar-refractivity contribution in [2.24, 2.45) is 20.9 Å². The first kappa shape index (κ1) is 6.73. The van der Waals surface area contributed by atoms with Gasteiger partial charge in [0.15, 0.2) is 0 Å². The van der Waals surface area contributed by atoms with E-state index in [1.54, 1.807) is 6.34 Å².